The van der Waals surface area contributed by atoms with Crippen molar-refractivity contribution in [2.45, 2.75) is 6.54 Å². The van der Waals surface area contributed by atoms with Gasteiger partial charge < -0.3 is 9.47 Å². The first-order valence-corrected chi connectivity index (χ1v) is 5.36. The van der Waals surface area contributed by atoms with Gasteiger partial charge in [0.2, 0.25) is 0 Å². The number of hydrogen-bond donors (Lipinski definition) is 1. The molecule has 0 aliphatic carbocycles. The molecule has 0 saturated carbocycles. The van der Waals surface area contributed by atoms with Crippen molar-refractivity contribution in [1.82, 2.24) is 4.98 Å². The molecule has 0 saturated heterocycles. The lowest BCUT2D eigenvalue weighted by Crippen LogP contribution is -2.33. The van der Waals surface area contributed by atoms with Gasteiger partial charge in [-0.05, 0) is 6.07 Å². The largest absolute Gasteiger partial charge is 0.360 e. The van der Waals surface area contributed by atoms with Crippen LogP contribution < -0.4 is 0 Å². The summed E-state index contributed by atoms with van der Waals surface area (Å²) in [5.41, 5.74) is 2.93. The molecule has 2 rings (SSSR count). The van der Waals surface area contributed by atoms with E-state index in [9.17, 15) is 4.79 Å². The predicted octanol–water partition coefficient (Wildman–Crippen LogP) is 2.19. The summed E-state index contributed by atoms with van der Waals surface area (Å²) in [6.45, 7) is 0.947. The van der Waals surface area contributed by atoms with E-state index >= 15 is 0 Å². The molecule has 0 amide bonds. The number of aromatic nitrogens is 1. The fourth-order valence-corrected chi connectivity index (χ4v) is 1.98. The fourth-order valence-electron chi connectivity index (χ4n) is 1.98. The van der Waals surface area contributed by atoms with Crippen molar-refractivity contribution >= 4 is 17.2 Å². The number of hydrogen-bond acceptors (Lipinski definition) is 1. The lowest BCUT2D eigenvalue weighted by Gasteiger charge is -2.23. The topological polar surface area (TPSA) is 32.9 Å². The number of aromatic amines is 1. The predicted molar refractivity (Wildman–Crippen MR) is 65.4 cm³/mol. The zero-order valence-electron chi connectivity index (χ0n) is 9.95. The van der Waals surface area contributed by atoms with E-state index in [1.807, 2.05) is 18.3 Å². The van der Waals surface area contributed by atoms with Gasteiger partial charge in [0, 0.05) is 22.7 Å². The van der Waals surface area contributed by atoms with Crippen LogP contribution in [0.15, 0.2) is 24.4 Å². The quantitative estimate of drug-likeness (QED) is 0.620. The average Bonchev–Trinajstić information content (AvgIpc) is 2.59. The van der Waals surface area contributed by atoms with Gasteiger partial charge in [-0.25, -0.2) is 0 Å². The number of carbonyl (C=O) groups is 1. The number of H-pyrrole nitrogens is 1. The van der Waals surface area contributed by atoms with Crippen molar-refractivity contribution in [2.75, 3.05) is 21.1 Å². The minimum atomic E-state index is 0.727. The maximum absolute atomic E-state index is 10.9. The summed E-state index contributed by atoms with van der Waals surface area (Å²) in [6, 6.07) is 5.82. The van der Waals surface area contributed by atoms with Crippen molar-refractivity contribution < 1.29 is 9.28 Å². The Morgan fingerprint density at radius 3 is 2.69 bits per heavy atom. The molecule has 0 aliphatic heterocycles. The summed E-state index contributed by atoms with van der Waals surface area (Å²) in [5.74, 6) is 0. The Labute approximate surface area is 95.3 Å². The Bertz CT molecular complexity index is 520. The standard InChI is InChI=1S/C13H16N2O/c1-15(2,3)8-11-7-14-13-10(9-16)5-4-6-12(11)13/h4-7,9H,8H2,1-3H3/p+1. The van der Waals surface area contributed by atoms with E-state index in [2.05, 4.69) is 32.2 Å². The van der Waals surface area contributed by atoms with Crippen molar-refractivity contribution in [2.24, 2.45) is 0 Å². The molecule has 0 radical (unpaired) electrons. The number of nitrogens with one attached hydrogen (secondary N) is 1. The monoisotopic (exact) mass is 217 g/mol. The molecule has 2 aromatic rings. The van der Waals surface area contributed by atoms with Gasteiger partial charge in [-0.1, -0.05) is 12.1 Å². The normalized spacial score (nSPS) is 11.9. The maximum atomic E-state index is 10.9. The summed E-state index contributed by atoms with van der Waals surface area (Å²) >= 11 is 0. The van der Waals surface area contributed by atoms with Crippen LogP contribution in [-0.2, 0) is 6.54 Å². The van der Waals surface area contributed by atoms with Crippen molar-refractivity contribution in [3.05, 3.63) is 35.5 Å². The van der Waals surface area contributed by atoms with Crippen LogP contribution in [-0.4, -0.2) is 36.9 Å². The van der Waals surface area contributed by atoms with E-state index in [1.54, 1.807) is 0 Å². The van der Waals surface area contributed by atoms with Gasteiger partial charge in [0.25, 0.3) is 0 Å². The smallest absolute Gasteiger partial charge is 0.152 e. The number of carbonyl (C=O) groups excluding carboxylic acids is 1. The van der Waals surface area contributed by atoms with Crippen LogP contribution in [0.5, 0.6) is 0 Å². The van der Waals surface area contributed by atoms with E-state index in [4.69, 9.17) is 0 Å². The van der Waals surface area contributed by atoms with E-state index in [1.165, 1.54) is 5.56 Å². The molecule has 0 aliphatic rings. The second-order valence-electron chi connectivity index (χ2n) is 5.15. The third-order valence-electron chi connectivity index (χ3n) is 2.61. The summed E-state index contributed by atoms with van der Waals surface area (Å²) in [4.78, 5) is 14.1. The Hall–Kier alpha value is -1.61. The third kappa shape index (κ3) is 1.99. The lowest BCUT2D eigenvalue weighted by molar-refractivity contribution is -0.883. The number of aldehydes is 1. The number of fused-ring (bicyclic) bond motifs is 1. The maximum Gasteiger partial charge on any atom is 0.152 e. The first-order chi connectivity index (χ1) is 7.51. The van der Waals surface area contributed by atoms with Crippen molar-refractivity contribution in [3.8, 4) is 0 Å². The fraction of sp³-hybridized carbons (Fsp3) is 0.308. The highest BCUT2D eigenvalue weighted by atomic mass is 16.1. The molecule has 1 aromatic heterocycles. The van der Waals surface area contributed by atoms with E-state index in [0.29, 0.717) is 0 Å². The Kier molecular flexibility index (Phi) is 2.56. The van der Waals surface area contributed by atoms with E-state index < -0.39 is 0 Å². The molecule has 0 atom stereocenters. The number of para-hydroxylation sites is 1. The Balaban J connectivity index is 2.53. The van der Waals surface area contributed by atoms with Gasteiger partial charge in [-0.2, -0.15) is 0 Å². The number of rotatable bonds is 3. The van der Waals surface area contributed by atoms with Crippen LogP contribution in [0.1, 0.15) is 15.9 Å². The van der Waals surface area contributed by atoms with Crippen molar-refractivity contribution in [1.29, 1.82) is 0 Å². The molecule has 16 heavy (non-hydrogen) atoms. The minimum absolute atomic E-state index is 0.727. The van der Waals surface area contributed by atoms with Gasteiger partial charge in [0.05, 0.1) is 26.7 Å². The molecule has 0 unspecified atom stereocenters. The molecule has 0 fully saturated rings. The molecule has 1 aromatic carbocycles. The van der Waals surface area contributed by atoms with Crippen LogP contribution in [0, 0.1) is 0 Å². The zero-order chi connectivity index (χ0) is 11.8. The lowest BCUT2D eigenvalue weighted by atomic mass is 10.1. The van der Waals surface area contributed by atoms with Crippen molar-refractivity contribution in [3.63, 3.8) is 0 Å². The van der Waals surface area contributed by atoms with Gasteiger partial charge in [-0.3, -0.25) is 4.79 Å². The molecule has 1 N–H and O–H groups in total. The van der Waals surface area contributed by atoms with E-state index in [0.717, 1.165) is 33.8 Å². The van der Waals surface area contributed by atoms with Gasteiger partial charge >= 0.3 is 0 Å². The van der Waals surface area contributed by atoms with Gasteiger partial charge in [0.1, 0.15) is 6.54 Å². The molecule has 0 spiro atoms. The molecule has 84 valence electrons. The van der Waals surface area contributed by atoms with Gasteiger partial charge in [-0.15, -0.1) is 0 Å². The van der Waals surface area contributed by atoms with Crippen LogP contribution in [0.2, 0.25) is 0 Å². The van der Waals surface area contributed by atoms with Crippen LogP contribution in [0.3, 0.4) is 0 Å². The van der Waals surface area contributed by atoms with Gasteiger partial charge in [0.15, 0.2) is 6.29 Å². The highest BCUT2D eigenvalue weighted by Gasteiger charge is 2.13. The Morgan fingerprint density at radius 2 is 2.06 bits per heavy atom. The van der Waals surface area contributed by atoms with E-state index in [-0.39, 0.29) is 0 Å². The molecular formula is C13H17N2O+. The second kappa shape index (κ2) is 3.76. The van der Waals surface area contributed by atoms with Crippen LogP contribution in [0.25, 0.3) is 10.9 Å². The second-order valence-corrected chi connectivity index (χ2v) is 5.15. The molecule has 3 nitrogen and oxygen atoms in total. The molecule has 3 heteroatoms. The summed E-state index contributed by atoms with van der Waals surface area (Å²) < 4.78 is 0.873. The summed E-state index contributed by atoms with van der Waals surface area (Å²) in [6.07, 6.45) is 2.90. The molecular weight excluding hydrogens is 200 g/mol. The number of benzene rings is 1. The highest BCUT2D eigenvalue weighted by molar-refractivity contribution is 5.97. The summed E-state index contributed by atoms with van der Waals surface area (Å²) in [7, 11) is 6.47. The molecule has 1 heterocycles. The number of quaternary nitrogens is 1. The number of nitrogens with zero attached hydrogens (tertiary/aromatic N) is 1. The van der Waals surface area contributed by atoms with Crippen LogP contribution >= 0.6 is 0 Å². The first-order valence-electron chi connectivity index (χ1n) is 5.36. The third-order valence-corrected chi connectivity index (χ3v) is 2.61. The first kappa shape index (κ1) is 10.9. The SMILES string of the molecule is C[N+](C)(C)Cc1c[nH]c2c(C=O)cccc12. The Morgan fingerprint density at radius 1 is 1.31 bits per heavy atom. The average molecular weight is 217 g/mol. The highest BCUT2D eigenvalue weighted by Crippen LogP contribution is 2.22. The summed E-state index contributed by atoms with van der Waals surface area (Å²) in [5, 5.41) is 1.15. The zero-order valence-corrected chi connectivity index (χ0v) is 9.95. The van der Waals surface area contributed by atoms with Crippen LogP contribution in [0.4, 0.5) is 0 Å². The minimum Gasteiger partial charge on any atom is -0.360 e. The molecule has 0 bridgehead atoms.